The van der Waals surface area contributed by atoms with Crippen molar-refractivity contribution in [1.29, 1.82) is 0 Å². The van der Waals surface area contributed by atoms with Crippen LogP contribution in [-0.2, 0) is 4.74 Å². The maximum atomic E-state index is 6.24. The highest BCUT2D eigenvalue weighted by atomic mass is 35.5. The van der Waals surface area contributed by atoms with Gasteiger partial charge >= 0.3 is 0 Å². The summed E-state index contributed by atoms with van der Waals surface area (Å²) < 4.78 is 6.24. The minimum absolute atomic E-state index is 0.0986. The van der Waals surface area contributed by atoms with Gasteiger partial charge in [0.25, 0.3) is 0 Å². The van der Waals surface area contributed by atoms with Crippen LogP contribution in [0.25, 0.3) is 0 Å². The number of rotatable bonds is 6. The van der Waals surface area contributed by atoms with Gasteiger partial charge in [-0.25, -0.2) is 0 Å². The largest absolute Gasteiger partial charge is 0.372 e. The molecule has 1 unspecified atom stereocenters. The molecule has 0 radical (unpaired) electrons. The molecule has 2 rings (SSSR count). The molecule has 0 heterocycles. The average molecular weight is 310 g/mol. The van der Waals surface area contributed by atoms with Crippen molar-refractivity contribution in [2.24, 2.45) is 5.92 Å². The zero-order valence-electron chi connectivity index (χ0n) is 13.5. The van der Waals surface area contributed by atoms with Crippen LogP contribution in [0.1, 0.15) is 58.1 Å². The summed E-state index contributed by atoms with van der Waals surface area (Å²) in [6, 6.07) is 8.04. The second-order valence-corrected chi connectivity index (χ2v) is 7.59. The van der Waals surface area contributed by atoms with Gasteiger partial charge in [0.2, 0.25) is 0 Å². The van der Waals surface area contributed by atoms with Crippen molar-refractivity contribution in [3.63, 3.8) is 0 Å². The van der Waals surface area contributed by atoms with Gasteiger partial charge in [-0.1, -0.05) is 36.6 Å². The Labute approximate surface area is 134 Å². The lowest BCUT2D eigenvalue weighted by atomic mass is 10.1. The van der Waals surface area contributed by atoms with E-state index in [-0.39, 0.29) is 11.6 Å². The molecule has 0 saturated heterocycles. The lowest BCUT2D eigenvalue weighted by molar-refractivity contribution is 0.0260. The van der Waals surface area contributed by atoms with Gasteiger partial charge in [-0.3, -0.25) is 0 Å². The van der Waals surface area contributed by atoms with Crippen molar-refractivity contribution in [1.82, 2.24) is 5.32 Å². The lowest BCUT2D eigenvalue weighted by Crippen LogP contribution is -2.39. The van der Waals surface area contributed by atoms with Crippen LogP contribution >= 0.6 is 11.6 Å². The Morgan fingerprint density at radius 2 is 1.81 bits per heavy atom. The standard InChI is InChI=1S/C18H28ClNO/c1-18(2,3)20-12-17(15-8-10-16(19)11-9-15)21-13-14-6-4-5-7-14/h8-11,14,17,20H,4-7,12-13H2,1-3H3. The van der Waals surface area contributed by atoms with Crippen molar-refractivity contribution in [3.05, 3.63) is 34.9 Å². The number of halogens is 1. The summed E-state index contributed by atoms with van der Waals surface area (Å²) in [5.41, 5.74) is 1.30. The van der Waals surface area contributed by atoms with Crippen LogP contribution < -0.4 is 5.32 Å². The van der Waals surface area contributed by atoms with Crippen molar-refractivity contribution in [2.45, 2.75) is 58.1 Å². The first-order valence-electron chi connectivity index (χ1n) is 8.06. The van der Waals surface area contributed by atoms with Crippen LogP contribution in [-0.4, -0.2) is 18.7 Å². The summed E-state index contributed by atoms with van der Waals surface area (Å²) in [6.07, 6.45) is 5.46. The molecule has 0 spiro atoms. The molecule has 1 atom stereocenters. The number of benzene rings is 1. The molecule has 0 aliphatic heterocycles. The molecule has 1 aromatic rings. The lowest BCUT2D eigenvalue weighted by Gasteiger charge is -2.26. The molecule has 21 heavy (non-hydrogen) atoms. The first-order chi connectivity index (χ1) is 9.94. The quantitative estimate of drug-likeness (QED) is 0.800. The average Bonchev–Trinajstić information content (AvgIpc) is 2.92. The number of hydrogen-bond acceptors (Lipinski definition) is 2. The maximum absolute atomic E-state index is 6.24. The summed E-state index contributed by atoms with van der Waals surface area (Å²) >= 11 is 5.99. The summed E-state index contributed by atoms with van der Waals surface area (Å²) in [4.78, 5) is 0. The fraction of sp³-hybridized carbons (Fsp3) is 0.667. The molecule has 1 aliphatic carbocycles. The molecule has 2 nitrogen and oxygen atoms in total. The van der Waals surface area contributed by atoms with E-state index >= 15 is 0 Å². The second kappa shape index (κ2) is 7.62. The van der Waals surface area contributed by atoms with E-state index in [1.54, 1.807) is 0 Å². The normalized spacial score (nSPS) is 18.1. The Balaban J connectivity index is 1.96. The zero-order chi connectivity index (χ0) is 15.3. The van der Waals surface area contributed by atoms with Gasteiger partial charge < -0.3 is 10.1 Å². The van der Waals surface area contributed by atoms with E-state index in [4.69, 9.17) is 16.3 Å². The first kappa shape index (κ1) is 16.8. The molecule has 1 aromatic carbocycles. The summed E-state index contributed by atoms with van der Waals surface area (Å²) in [7, 11) is 0. The van der Waals surface area contributed by atoms with E-state index in [9.17, 15) is 0 Å². The van der Waals surface area contributed by atoms with Crippen molar-refractivity contribution < 1.29 is 4.74 Å². The summed E-state index contributed by atoms with van der Waals surface area (Å²) in [6.45, 7) is 8.26. The van der Waals surface area contributed by atoms with E-state index in [2.05, 4.69) is 38.2 Å². The van der Waals surface area contributed by atoms with Gasteiger partial charge in [0.05, 0.1) is 12.7 Å². The highest BCUT2D eigenvalue weighted by Crippen LogP contribution is 2.27. The van der Waals surface area contributed by atoms with Gasteiger partial charge in [-0.05, 0) is 57.2 Å². The predicted octanol–water partition coefficient (Wildman–Crippen LogP) is 4.98. The van der Waals surface area contributed by atoms with Crippen LogP contribution in [0.2, 0.25) is 5.02 Å². The van der Waals surface area contributed by atoms with Gasteiger partial charge in [-0.15, -0.1) is 0 Å². The molecule has 1 aliphatic rings. The Kier molecular flexibility index (Phi) is 6.09. The van der Waals surface area contributed by atoms with E-state index in [0.717, 1.165) is 24.1 Å². The van der Waals surface area contributed by atoms with E-state index < -0.39 is 0 Å². The van der Waals surface area contributed by atoms with E-state index in [0.29, 0.717) is 0 Å². The van der Waals surface area contributed by atoms with E-state index in [1.165, 1.54) is 31.2 Å². The molecule has 3 heteroatoms. The molecular formula is C18H28ClNO. The fourth-order valence-corrected chi connectivity index (χ4v) is 2.90. The van der Waals surface area contributed by atoms with Gasteiger partial charge in [0.15, 0.2) is 0 Å². The molecule has 1 N–H and O–H groups in total. The molecule has 0 bridgehead atoms. The van der Waals surface area contributed by atoms with Crippen LogP contribution in [0, 0.1) is 5.92 Å². The third-order valence-electron chi connectivity index (χ3n) is 4.07. The molecule has 1 fully saturated rings. The van der Waals surface area contributed by atoms with Gasteiger partial charge in [-0.2, -0.15) is 0 Å². The Hall–Kier alpha value is -0.570. The minimum Gasteiger partial charge on any atom is -0.372 e. The fourth-order valence-electron chi connectivity index (χ4n) is 2.78. The third-order valence-corrected chi connectivity index (χ3v) is 4.32. The molecule has 0 aromatic heterocycles. The Bertz CT molecular complexity index is 418. The van der Waals surface area contributed by atoms with Crippen molar-refractivity contribution in [3.8, 4) is 0 Å². The van der Waals surface area contributed by atoms with E-state index in [1.807, 2.05) is 12.1 Å². The number of ether oxygens (including phenoxy) is 1. The SMILES string of the molecule is CC(C)(C)NCC(OCC1CCCC1)c1ccc(Cl)cc1. The van der Waals surface area contributed by atoms with Crippen LogP contribution in [0.5, 0.6) is 0 Å². The van der Waals surface area contributed by atoms with Crippen molar-refractivity contribution in [2.75, 3.05) is 13.2 Å². The topological polar surface area (TPSA) is 21.3 Å². The van der Waals surface area contributed by atoms with Crippen LogP contribution in [0.3, 0.4) is 0 Å². The predicted molar refractivity (Wildman–Crippen MR) is 89.9 cm³/mol. The highest BCUT2D eigenvalue weighted by Gasteiger charge is 2.20. The second-order valence-electron chi connectivity index (χ2n) is 7.15. The van der Waals surface area contributed by atoms with Crippen LogP contribution in [0.4, 0.5) is 0 Å². The molecule has 118 valence electrons. The third kappa shape index (κ3) is 5.98. The zero-order valence-corrected chi connectivity index (χ0v) is 14.2. The van der Waals surface area contributed by atoms with Crippen LogP contribution in [0.15, 0.2) is 24.3 Å². The first-order valence-corrected chi connectivity index (χ1v) is 8.44. The summed E-state index contributed by atoms with van der Waals surface area (Å²) in [5, 5.41) is 4.33. The molecule has 0 amide bonds. The summed E-state index contributed by atoms with van der Waals surface area (Å²) in [5.74, 6) is 0.745. The number of nitrogens with one attached hydrogen (secondary N) is 1. The minimum atomic E-state index is 0.0986. The number of hydrogen-bond donors (Lipinski definition) is 1. The van der Waals surface area contributed by atoms with Gasteiger partial charge in [0.1, 0.15) is 0 Å². The molecular weight excluding hydrogens is 282 g/mol. The monoisotopic (exact) mass is 309 g/mol. The maximum Gasteiger partial charge on any atom is 0.0949 e. The van der Waals surface area contributed by atoms with Crippen molar-refractivity contribution >= 4 is 11.6 Å². The highest BCUT2D eigenvalue weighted by molar-refractivity contribution is 6.30. The Morgan fingerprint density at radius 3 is 2.38 bits per heavy atom. The molecule has 1 saturated carbocycles. The van der Waals surface area contributed by atoms with Gasteiger partial charge in [0, 0.05) is 17.1 Å². The smallest absolute Gasteiger partial charge is 0.0949 e. The Morgan fingerprint density at radius 1 is 1.19 bits per heavy atom.